The Morgan fingerprint density at radius 3 is 2.09 bits per heavy atom. The van der Waals surface area contributed by atoms with Crippen molar-refractivity contribution >= 4 is 43.3 Å². The largest absolute Gasteiger partial charge is 0.293 e. The zero-order valence-electron chi connectivity index (χ0n) is 11.7. The fourth-order valence-electron chi connectivity index (χ4n) is 1.96. The lowest BCUT2D eigenvalue weighted by Gasteiger charge is -2.16. The summed E-state index contributed by atoms with van der Waals surface area (Å²) in [5, 5.41) is 10.7. The highest BCUT2D eigenvalue weighted by atomic mass is 79.9. The number of rotatable bonds is 5. The van der Waals surface area contributed by atoms with Gasteiger partial charge in [-0.2, -0.15) is 0 Å². The summed E-state index contributed by atoms with van der Waals surface area (Å²) < 4.78 is 0. The fourth-order valence-corrected chi connectivity index (χ4v) is 3.07. The predicted octanol–water partition coefficient (Wildman–Crippen LogP) is 4.99. The molecule has 0 saturated heterocycles. The summed E-state index contributed by atoms with van der Waals surface area (Å²) >= 11 is 6.91. The van der Waals surface area contributed by atoms with E-state index in [1.54, 1.807) is 24.3 Å². The standard InChI is InChI=1S/C16H13Br2NO3/c1-10-2-4-12(5-3-10)16(20)15(18)14(17)11-6-8-13(9-7-11)19(21)22/h2-9,14-15H,1H3/t14-,15-/m0/s1. The summed E-state index contributed by atoms with van der Waals surface area (Å²) in [4.78, 5) is 21.9. The van der Waals surface area contributed by atoms with Crippen molar-refractivity contribution < 1.29 is 9.72 Å². The van der Waals surface area contributed by atoms with Crippen LogP contribution in [0.15, 0.2) is 48.5 Å². The lowest BCUT2D eigenvalue weighted by molar-refractivity contribution is -0.384. The molecule has 2 atom stereocenters. The molecule has 0 unspecified atom stereocenters. The number of nitro benzene ring substituents is 1. The van der Waals surface area contributed by atoms with Gasteiger partial charge >= 0.3 is 0 Å². The maximum atomic E-state index is 12.5. The number of carbonyl (C=O) groups excluding carboxylic acids is 1. The minimum Gasteiger partial charge on any atom is -0.293 e. The molecule has 2 aromatic carbocycles. The Hall–Kier alpha value is -1.53. The van der Waals surface area contributed by atoms with E-state index < -0.39 is 9.75 Å². The molecular weight excluding hydrogens is 414 g/mol. The van der Waals surface area contributed by atoms with Gasteiger partial charge in [-0.05, 0) is 12.5 Å². The lowest BCUT2D eigenvalue weighted by atomic mass is 10.0. The number of non-ortho nitro benzene ring substituents is 1. The van der Waals surface area contributed by atoms with Crippen molar-refractivity contribution in [3.8, 4) is 0 Å². The SMILES string of the molecule is Cc1ccc(C(=O)[C@@H](Br)[C@@H](Br)c2ccc([N+](=O)[O-])cc2)cc1. The van der Waals surface area contributed by atoms with Gasteiger partial charge in [0.25, 0.3) is 5.69 Å². The van der Waals surface area contributed by atoms with Crippen LogP contribution in [0.5, 0.6) is 0 Å². The Balaban J connectivity index is 2.17. The summed E-state index contributed by atoms with van der Waals surface area (Å²) in [5.74, 6) is -0.0415. The van der Waals surface area contributed by atoms with Crippen LogP contribution in [-0.2, 0) is 0 Å². The van der Waals surface area contributed by atoms with Gasteiger partial charge in [0.05, 0.1) is 14.6 Å². The Labute approximate surface area is 144 Å². The zero-order chi connectivity index (χ0) is 16.3. The van der Waals surface area contributed by atoms with Crippen LogP contribution in [0.3, 0.4) is 0 Å². The molecule has 0 radical (unpaired) electrons. The number of Topliss-reactive ketones (excluding diaryl/α,β-unsaturated/α-hetero) is 1. The number of alkyl halides is 2. The summed E-state index contributed by atoms with van der Waals surface area (Å²) in [6.45, 7) is 1.96. The summed E-state index contributed by atoms with van der Waals surface area (Å²) in [6.07, 6.45) is 0. The predicted molar refractivity (Wildman–Crippen MR) is 93.0 cm³/mol. The van der Waals surface area contributed by atoms with Gasteiger partial charge in [-0.25, -0.2) is 0 Å². The highest BCUT2D eigenvalue weighted by Gasteiger charge is 2.26. The number of nitrogens with zero attached hydrogens (tertiary/aromatic N) is 1. The fraction of sp³-hybridized carbons (Fsp3) is 0.188. The quantitative estimate of drug-likeness (QED) is 0.293. The monoisotopic (exact) mass is 425 g/mol. The summed E-state index contributed by atoms with van der Waals surface area (Å²) in [7, 11) is 0. The normalized spacial score (nSPS) is 13.4. The van der Waals surface area contributed by atoms with Crippen molar-refractivity contribution in [2.45, 2.75) is 16.6 Å². The molecule has 4 nitrogen and oxygen atoms in total. The maximum Gasteiger partial charge on any atom is 0.269 e. The zero-order valence-corrected chi connectivity index (χ0v) is 14.9. The molecule has 0 saturated carbocycles. The van der Waals surface area contributed by atoms with Crippen molar-refractivity contribution in [3.05, 3.63) is 75.3 Å². The molecule has 0 amide bonds. The van der Waals surface area contributed by atoms with Crippen LogP contribution < -0.4 is 0 Å². The number of aryl methyl sites for hydroxylation is 1. The maximum absolute atomic E-state index is 12.5. The van der Waals surface area contributed by atoms with Gasteiger partial charge in [-0.1, -0.05) is 73.8 Å². The number of carbonyl (C=O) groups is 1. The molecule has 0 aliphatic heterocycles. The number of hydrogen-bond acceptors (Lipinski definition) is 3. The van der Waals surface area contributed by atoms with Crippen LogP contribution in [0.25, 0.3) is 0 Å². The van der Waals surface area contributed by atoms with Crippen LogP contribution in [0.1, 0.15) is 26.3 Å². The molecule has 0 aliphatic rings. The van der Waals surface area contributed by atoms with E-state index in [4.69, 9.17) is 0 Å². The van der Waals surface area contributed by atoms with E-state index in [2.05, 4.69) is 31.9 Å². The first-order valence-corrected chi connectivity index (χ1v) is 8.36. The van der Waals surface area contributed by atoms with Crippen molar-refractivity contribution in [1.82, 2.24) is 0 Å². The molecule has 0 heterocycles. The topological polar surface area (TPSA) is 60.2 Å². The van der Waals surface area contributed by atoms with Gasteiger partial charge in [0.1, 0.15) is 0 Å². The van der Waals surface area contributed by atoms with E-state index in [0.717, 1.165) is 11.1 Å². The Bertz CT molecular complexity index is 684. The van der Waals surface area contributed by atoms with Crippen molar-refractivity contribution in [3.63, 3.8) is 0 Å². The molecule has 114 valence electrons. The molecule has 0 N–H and O–H groups in total. The third-order valence-corrected chi connectivity index (χ3v) is 5.98. The number of halogens is 2. The molecule has 0 bridgehead atoms. The number of hydrogen-bond donors (Lipinski definition) is 0. The van der Waals surface area contributed by atoms with Crippen LogP contribution in [0.2, 0.25) is 0 Å². The molecule has 2 rings (SSSR count). The van der Waals surface area contributed by atoms with E-state index >= 15 is 0 Å². The molecule has 0 aliphatic carbocycles. The molecule has 0 fully saturated rings. The number of benzene rings is 2. The second-order valence-corrected chi connectivity index (χ2v) is 6.86. The van der Waals surface area contributed by atoms with Crippen LogP contribution in [-0.4, -0.2) is 15.5 Å². The summed E-state index contributed by atoms with van der Waals surface area (Å²) in [6, 6.07) is 13.5. The average molecular weight is 427 g/mol. The molecule has 2 aromatic rings. The van der Waals surface area contributed by atoms with E-state index in [1.165, 1.54) is 12.1 Å². The Kier molecular flexibility index (Phi) is 5.47. The number of nitro groups is 1. The van der Waals surface area contributed by atoms with Gasteiger partial charge in [0, 0.05) is 17.7 Å². The number of ketones is 1. The van der Waals surface area contributed by atoms with Gasteiger partial charge < -0.3 is 0 Å². The smallest absolute Gasteiger partial charge is 0.269 e. The van der Waals surface area contributed by atoms with Crippen molar-refractivity contribution in [1.29, 1.82) is 0 Å². The van der Waals surface area contributed by atoms with Crippen LogP contribution in [0, 0.1) is 17.0 Å². The van der Waals surface area contributed by atoms with Crippen LogP contribution >= 0.6 is 31.9 Å². The highest BCUT2D eigenvalue weighted by molar-refractivity contribution is 9.12. The van der Waals surface area contributed by atoms with Gasteiger partial charge in [0.15, 0.2) is 5.78 Å². The molecule has 0 aromatic heterocycles. The highest BCUT2D eigenvalue weighted by Crippen LogP contribution is 2.34. The van der Waals surface area contributed by atoms with Gasteiger partial charge in [0.2, 0.25) is 0 Å². The van der Waals surface area contributed by atoms with E-state index in [0.29, 0.717) is 5.56 Å². The third-order valence-electron chi connectivity index (χ3n) is 3.27. The third kappa shape index (κ3) is 3.81. The van der Waals surface area contributed by atoms with Gasteiger partial charge in [-0.3, -0.25) is 14.9 Å². The first-order valence-electron chi connectivity index (χ1n) is 6.53. The molecule has 0 spiro atoms. The molecule has 6 heteroatoms. The van der Waals surface area contributed by atoms with Crippen molar-refractivity contribution in [2.24, 2.45) is 0 Å². The Morgan fingerprint density at radius 1 is 1.05 bits per heavy atom. The first kappa shape index (κ1) is 16.8. The molecule has 22 heavy (non-hydrogen) atoms. The second kappa shape index (κ2) is 7.15. The first-order chi connectivity index (χ1) is 10.4. The van der Waals surface area contributed by atoms with Crippen LogP contribution in [0.4, 0.5) is 5.69 Å². The average Bonchev–Trinajstić information content (AvgIpc) is 2.53. The minimum atomic E-state index is -0.461. The van der Waals surface area contributed by atoms with Crippen molar-refractivity contribution in [2.75, 3.05) is 0 Å². The lowest BCUT2D eigenvalue weighted by Crippen LogP contribution is -2.19. The molecular formula is C16H13Br2NO3. The van der Waals surface area contributed by atoms with E-state index in [-0.39, 0.29) is 16.3 Å². The minimum absolute atomic E-state index is 0.0273. The second-order valence-electron chi connectivity index (χ2n) is 4.88. The van der Waals surface area contributed by atoms with E-state index in [9.17, 15) is 14.9 Å². The van der Waals surface area contributed by atoms with E-state index in [1.807, 2.05) is 19.1 Å². The summed E-state index contributed by atoms with van der Waals surface area (Å²) in [5.41, 5.74) is 2.54. The van der Waals surface area contributed by atoms with Gasteiger partial charge in [-0.15, -0.1) is 0 Å². The Morgan fingerprint density at radius 2 is 1.59 bits per heavy atom.